The SMILES string of the molecule is CS(=O)(=O)CCN1CCN(C(=O)c2ccn(COc3ccc(F)cc3F)n2)CC1. The van der Waals surface area contributed by atoms with Crippen LogP contribution < -0.4 is 4.74 Å². The first kappa shape index (κ1) is 21.2. The minimum absolute atomic E-state index is 0.0972. The van der Waals surface area contributed by atoms with E-state index >= 15 is 0 Å². The molecular weight excluding hydrogens is 406 g/mol. The van der Waals surface area contributed by atoms with Gasteiger partial charge in [0.1, 0.15) is 15.7 Å². The zero-order valence-corrected chi connectivity index (χ0v) is 16.7. The van der Waals surface area contributed by atoms with Crippen molar-refractivity contribution in [2.45, 2.75) is 6.73 Å². The lowest BCUT2D eigenvalue weighted by atomic mass is 10.3. The minimum atomic E-state index is -3.01. The highest BCUT2D eigenvalue weighted by molar-refractivity contribution is 7.90. The average Bonchev–Trinajstić information content (AvgIpc) is 3.14. The Balaban J connectivity index is 1.50. The molecule has 0 bridgehead atoms. The molecular formula is C18H22F2N4O4S. The molecule has 1 aromatic carbocycles. The van der Waals surface area contributed by atoms with Gasteiger partial charge >= 0.3 is 0 Å². The van der Waals surface area contributed by atoms with E-state index in [0.717, 1.165) is 12.1 Å². The van der Waals surface area contributed by atoms with Crippen LogP contribution in [0, 0.1) is 11.6 Å². The standard InChI is InChI=1S/C18H22F2N4O4S/c1-29(26,27)11-10-22-6-8-23(9-7-22)18(25)16-4-5-24(21-16)13-28-17-3-2-14(19)12-15(17)20/h2-5,12H,6-11,13H2,1H3. The molecule has 3 rings (SSSR count). The second-order valence-corrected chi connectivity index (χ2v) is 9.11. The number of nitrogens with zero attached hydrogens (tertiary/aromatic N) is 4. The van der Waals surface area contributed by atoms with E-state index in [4.69, 9.17) is 4.74 Å². The van der Waals surface area contributed by atoms with E-state index in [9.17, 15) is 22.0 Å². The van der Waals surface area contributed by atoms with Gasteiger partial charge in [0.2, 0.25) is 0 Å². The number of hydrogen-bond donors (Lipinski definition) is 0. The summed E-state index contributed by atoms with van der Waals surface area (Å²) in [5, 5.41) is 4.15. The number of carbonyl (C=O) groups is 1. The number of aromatic nitrogens is 2. The highest BCUT2D eigenvalue weighted by atomic mass is 32.2. The molecule has 0 N–H and O–H groups in total. The number of hydrogen-bond acceptors (Lipinski definition) is 6. The largest absolute Gasteiger partial charge is 0.468 e. The Labute approximate surface area is 167 Å². The van der Waals surface area contributed by atoms with Crippen LogP contribution in [0.2, 0.25) is 0 Å². The number of halogens is 2. The predicted molar refractivity (Wildman–Crippen MR) is 101 cm³/mol. The van der Waals surface area contributed by atoms with Crippen molar-refractivity contribution in [3.63, 3.8) is 0 Å². The lowest BCUT2D eigenvalue weighted by Gasteiger charge is -2.34. The molecule has 0 spiro atoms. The summed E-state index contributed by atoms with van der Waals surface area (Å²) in [6.45, 7) is 2.46. The highest BCUT2D eigenvalue weighted by Crippen LogP contribution is 2.18. The summed E-state index contributed by atoms with van der Waals surface area (Å²) in [6, 6.07) is 4.54. The van der Waals surface area contributed by atoms with Gasteiger partial charge in [0, 0.05) is 51.2 Å². The Morgan fingerprint density at radius 1 is 1.17 bits per heavy atom. The van der Waals surface area contributed by atoms with E-state index in [0.29, 0.717) is 32.7 Å². The van der Waals surface area contributed by atoms with Crippen LogP contribution in [-0.2, 0) is 16.6 Å². The second-order valence-electron chi connectivity index (χ2n) is 6.85. The Bertz CT molecular complexity index is 972. The molecule has 29 heavy (non-hydrogen) atoms. The van der Waals surface area contributed by atoms with Crippen molar-refractivity contribution in [2.75, 3.05) is 44.7 Å². The van der Waals surface area contributed by atoms with Crippen molar-refractivity contribution in [1.29, 1.82) is 0 Å². The summed E-state index contributed by atoms with van der Waals surface area (Å²) in [4.78, 5) is 16.3. The Morgan fingerprint density at radius 3 is 2.55 bits per heavy atom. The van der Waals surface area contributed by atoms with Crippen LogP contribution in [0.5, 0.6) is 5.75 Å². The Morgan fingerprint density at radius 2 is 1.90 bits per heavy atom. The quantitative estimate of drug-likeness (QED) is 0.654. The van der Waals surface area contributed by atoms with E-state index < -0.39 is 21.5 Å². The third kappa shape index (κ3) is 5.97. The smallest absolute Gasteiger partial charge is 0.274 e. The molecule has 1 aliphatic rings. The van der Waals surface area contributed by atoms with Gasteiger partial charge in [0.05, 0.1) is 5.75 Å². The third-order valence-electron chi connectivity index (χ3n) is 4.54. The van der Waals surface area contributed by atoms with Gasteiger partial charge in [-0.05, 0) is 18.2 Å². The molecule has 2 heterocycles. The summed E-state index contributed by atoms with van der Waals surface area (Å²) in [7, 11) is -3.01. The average molecular weight is 428 g/mol. The topological polar surface area (TPSA) is 84.7 Å². The number of benzene rings is 1. The monoisotopic (exact) mass is 428 g/mol. The fourth-order valence-electron chi connectivity index (χ4n) is 2.91. The van der Waals surface area contributed by atoms with Crippen molar-refractivity contribution in [3.8, 4) is 5.75 Å². The van der Waals surface area contributed by atoms with Crippen LogP contribution in [0.15, 0.2) is 30.5 Å². The number of carbonyl (C=O) groups excluding carboxylic acids is 1. The molecule has 0 radical (unpaired) electrons. The van der Waals surface area contributed by atoms with Gasteiger partial charge < -0.3 is 9.64 Å². The van der Waals surface area contributed by atoms with Gasteiger partial charge in [-0.3, -0.25) is 9.69 Å². The molecule has 0 aliphatic carbocycles. The van der Waals surface area contributed by atoms with Crippen LogP contribution in [0.4, 0.5) is 8.78 Å². The van der Waals surface area contributed by atoms with Gasteiger partial charge in [0.15, 0.2) is 24.0 Å². The molecule has 8 nitrogen and oxygen atoms in total. The first-order chi connectivity index (χ1) is 13.7. The summed E-state index contributed by atoms with van der Waals surface area (Å²) < 4.78 is 55.6. The maximum Gasteiger partial charge on any atom is 0.274 e. The highest BCUT2D eigenvalue weighted by Gasteiger charge is 2.24. The van der Waals surface area contributed by atoms with E-state index in [1.165, 1.54) is 23.2 Å². The first-order valence-corrected chi connectivity index (χ1v) is 11.1. The second kappa shape index (κ2) is 8.87. The summed E-state index contributed by atoms with van der Waals surface area (Å²) >= 11 is 0. The zero-order chi connectivity index (χ0) is 21.0. The molecule has 1 fully saturated rings. The summed E-state index contributed by atoms with van der Waals surface area (Å²) in [6.07, 6.45) is 2.74. The molecule has 1 amide bonds. The van der Waals surface area contributed by atoms with E-state index in [1.807, 2.05) is 4.90 Å². The van der Waals surface area contributed by atoms with E-state index in [1.54, 1.807) is 11.0 Å². The van der Waals surface area contributed by atoms with Crippen LogP contribution >= 0.6 is 0 Å². The van der Waals surface area contributed by atoms with Crippen LogP contribution in [-0.4, -0.2) is 78.6 Å². The maximum absolute atomic E-state index is 13.6. The van der Waals surface area contributed by atoms with E-state index in [2.05, 4.69) is 5.10 Å². The Kier molecular flexibility index (Phi) is 6.48. The third-order valence-corrected chi connectivity index (χ3v) is 5.47. The molecule has 0 unspecified atom stereocenters. The minimum Gasteiger partial charge on any atom is -0.468 e. The van der Waals surface area contributed by atoms with Crippen molar-refractivity contribution >= 4 is 15.7 Å². The maximum atomic E-state index is 13.6. The van der Waals surface area contributed by atoms with Gasteiger partial charge in [-0.1, -0.05) is 0 Å². The molecule has 11 heteroatoms. The molecule has 0 atom stereocenters. The van der Waals surface area contributed by atoms with Crippen molar-refractivity contribution in [1.82, 2.24) is 19.6 Å². The van der Waals surface area contributed by atoms with Gasteiger partial charge in [0.25, 0.3) is 5.91 Å². The molecule has 1 aromatic heterocycles. The van der Waals surface area contributed by atoms with Crippen molar-refractivity contribution < 1.29 is 26.7 Å². The Hall–Kier alpha value is -2.53. The van der Waals surface area contributed by atoms with Gasteiger partial charge in [-0.25, -0.2) is 21.9 Å². The van der Waals surface area contributed by atoms with E-state index in [-0.39, 0.29) is 29.8 Å². The predicted octanol–water partition coefficient (Wildman–Crippen LogP) is 1.00. The number of rotatable bonds is 7. The molecule has 158 valence electrons. The zero-order valence-electron chi connectivity index (χ0n) is 15.9. The first-order valence-electron chi connectivity index (χ1n) is 9.02. The fraction of sp³-hybridized carbons (Fsp3) is 0.444. The summed E-state index contributed by atoms with van der Waals surface area (Å²) in [5.41, 5.74) is 0.234. The van der Waals surface area contributed by atoms with Crippen LogP contribution in [0.3, 0.4) is 0 Å². The molecule has 0 saturated carbocycles. The number of ether oxygens (including phenoxy) is 1. The molecule has 1 saturated heterocycles. The van der Waals surface area contributed by atoms with Crippen molar-refractivity contribution in [2.24, 2.45) is 0 Å². The van der Waals surface area contributed by atoms with Crippen molar-refractivity contribution in [3.05, 3.63) is 47.8 Å². The van der Waals surface area contributed by atoms with Crippen LogP contribution in [0.1, 0.15) is 10.5 Å². The lowest BCUT2D eigenvalue weighted by Crippen LogP contribution is -2.49. The summed E-state index contributed by atoms with van der Waals surface area (Å²) in [5.74, 6) is -1.76. The number of piperazine rings is 1. The number of sulfone groups is 1. The number of amides is 1. The van der Waals surface area contributed by atoms with Gasteiger partial charge in [-0.2, -0.15) is 5.10 Å². The molecule has 1 aliphatic heterocycles. The fourth-order valence-corrected chi connectivity index (χ4v) is 3.50. The molecule has 2 aromatic rings. The normalized spacial score (nSPS) is 15.5. The van der Waals surface area contributed by atoms with Gasteiger partial charge in [-0.15, -0.1) is 0 Å². The lowest BCUT2D eigenvalue weighted by molar-refractivity contribution is 0.0636. The van der Waals surface area contributed by atoms with Crippen LogP contribution in [0.25, 0.3) is 0 Å².